The number of aliphatic hydroxyl groups is 1. The van der Waals surface area contributed by atoms with Gasteiger partial charge in [0.05, 0.1) is 0 Å². The highest BCUT2D eigenvalue weighted by atomic mass is 16.5. The van der Waals surface area contributed by atoms with Crippen molar-refractivity contribution in [3.05, 3.63) is 23.8 Å². The fourth-order valence-electron chi connectivity index (χ4n) is 7.15. The van der Waals surface area contributed by atoms with Crippen LogP contribution in [0.1, 0.15) is 59.3 Å². The maximum Gasteiger partial charge on any atom is 0.303 e. The molecule has 5 unspecified atom stereocenters. The number of fused-ring (bicyclic) bond motifs is 5. The molecular weight excluding hydrogens is 384 g/mol. The zero-order chi connectivity index (χ0) is 22.1. The predicted octanol–water partition coefficient (Wildman–Crippen LogP) is 2.73. The molecule has 0 spiro atoms. The minimum Gasteiger partial charge on any atom is -0.458 e. The molecule has 0 radical (unpaired) electrons. The molecule has 3 fully saturated rings. The van der Waals surface area contributed by atoms with E-state index in [-0.39, 0.29) is 42.2 Å². The first-order valence-corrected chi connectivity index (χ1v) is 10.8. The number of esters is 1. The van der Waals surface area contributed by atoms with Crippen molar-refractivity contribution in [3.63, 3.8) is 0 Å². The zero-order valence-electron chi connectivity index (χ0n) is 18.0. The van der Waals surface area contributed by atoms with Gasteiger partial charge in [-0.05, 0) is 49.2 Å². The third-order valence-corrected chi connectivity index (χ3v) is 8.64. The van der Waals surface area contributed by atoms with E-state index in [1.807, 2.05) is 6.92 Å². The van der Waals surface area contributed by atoms with Crippen molar-refractivity contribution < 1.29 is 29.0 Å². The van der Waals surface area contributed by atoms with E-state index in [2.05, 4.69) is 13.5 Å². The van der Waals surface area contributed by atoms with Crippen LogP contribution in [0, 0.1) is 28.6 Å². The van der Waals surface area contributed by atoms with Gasteiger partial charge < -0.3 is 9.84 Å². The molecule has 1 N–H and O–H groups in total. The predicted molar refractivity (Wildman–Crippen MR) is 108 cm³/mol. The summed E-state index contributed by atoms with van der Waals surface area (Å²) >= 11 is 0. The molecular formula is C24H30O6. The Hall–Kier alpha value is -2.08. The SMILES string of the molecule is C=C1CC2C(C(=O)CC3(C)C2CC[C@]3(O)C(=O)COC(C)=O)C2(C)CCC(=O)C=C12. The van der Waals surface area contributed by atoms with E-state index in [4.69, 9.17) is 4.74 Å². The molecule has 4 aliphatic rings. The number of ketones is 3. The largest absolute Gasteiger partial charge is 0.458 e. The Morgan fingerprint density at radius 1 is 1.27 bits per heavy atom. The number of hydrogen-bond acceptors (Lipinski definition) is 6. The van der Waals surface area contributed by atoms with Gasteiger partial charge in [0.25, 0.3) is 0 Å². The van der Waals surface area contributed by atoms with Crippen LogP contribution in [-0.2, 0) is 23.9 Å². The van der Waals surface area contributed by atoms with Gasteiger partial charge in [-0.2, -0.15) is 0 Å². The topological polar surface area (TPSA) is 97.7 Å². The molecule has 0 heterocycles. The number of carbonyl (C=O) groups is 4. The molecule has 0 saturated heterocycles. The Balaban J connectivity index is 1.71. The summed E-state index contributed by atoms with van der Waals surface area (Å²) in [6.07, 6.45) is 4.34. The lowest BCUT2D eigenvalue weighted by Gasteiger charge is -2.58. The highest BCUT2D eigenvalue weighted by molar-refractivity contribution is 5.95. The number of ether oxygens (including phenoxy) is 1. The van der Waals surface area contributed by atoms with E-state index in [0.29, 0.717) is 25.7 Å². The Kier molecular flexibility index (Phi) is 4.73. The molecule has 162 valence electrons. The summed E-state index contributed by atoms with van der Waals surface area (Å²) in [6.45, 7) is 8.89. The fourth-order valence-corrected chi connectivity index (χ4v) is 7.15. The van der Waals surface area contributed by atoms with Gasteiger partial charge in [0.1, 0.15) is 11.4 Å². The van der Waals surface area contributed by atoms with E-state index < -0.39 is 34.8 Å². The first-order valence-electron chi connectivity index (χ1n) is 10.8. The molecule has 6 nitrogen and oxygen atoms in total. The number of allylic oxidation sites excluding steroid dienone is 2. The van der Waals surface area contributed by atoms with Crippen molar-refractivity contribution in [1.29, 1.82) is 0 Å². The van der Waals surface area contributed by atoms with Crippen LogP contribution < -0.4 is 0 Å². The second-order valence-corrected chi connectivity index (χ2v) is 10.2. The average molecular weight is 414 g/mol. The van der Waals surface area contributed by atoms with Gasteiger partial charge in [-0.15, -0.1) is 0 Å². The second kappa shape index (κ2) is 6.71. The summed E-state index contributed by atoms with van der Waals surface area (Å²) in [5.41, 5.74) is -1.20. The van der Waals surface area contributed by atoms with Crippen molar-refractivity contribution in [2.75, 3.05) is 6.61 Å². The van der Waals surface area contributed by atoms with Gasteiger partial charge in [-0.25, -0.2) is 0 Å². The molecule has 4 aliphatic carbocycles. The lowest BCUT2D eigenvalue weighted by atomic mass is 9.45. The van der Waals surface area contributed by atoms with Crippen LogP contribution in [0.5, 0.6) is 0 Å². The van der Waals surface area contributed by atoms with Gasteiger partial charge in [0.15, 0.2) is 12.4 Å². The summed E-state index contributed by atoms with van der Waals surface area (Å²) in [5.74, 6) is -1.23. The van der Waals surface area contributed by atoms with Crippen molar-refractivity contribution in [2.45, 2.75) is 64.9 Å². The van der Waals surface area contributed by atoms with Crippen LogP contribution in [0.4, 0.5) is 0 Å². The lowest BCUT2D eigenvalue weighted by molar-refractivity contribution is -0.172. The summed E-state index contributed by atoms with van der Waals surface area (Å²) in [7, 11) is 0. The summed E-state index contributed by atoms with van der Waals surface area (Å²) in [6, 6.07) is 0. The molecule has 0 aliphatic heterocycles. The Bertz CT molecular complexity index is 899. The van der Waals surface area contributed by atoms with E-state index in [1.54, 1.807) is 6.08 Å². The highest BCUT2D eigenvalue weighted by Gasteiger charge is 2.68. The molecule has 0 bridgehead atoms. The van der Waals surface area contributed by atoms with Crippen molar-refractivity contribution in [1.82, 2.24) is 0 Å². The van der Waals surface area contributed by atoms with E-state index >= 15 is 0 Å². The van der Waals surface area contributed by atoms with Crippen molar-refractivity contribution in [3.8, 4) is 0 Å². The zero-order valence-corrected chi connectivity index (χ0v) is 18.0. The van der Waals surface area contributed by atoms with Crippen molar-refractivity contribution in [2.24, 2.45) is 28.6 Å². The second-order valence-electron chi connectivity index (χ2n) is 10.2. The summed E-state index contributed by atoms with van der Waals surface area (Å²) in [4.78, 5) is 49.6. The van der Waals surface area contributed by atoms with Gasteiger partial charge in [-0.3, -0.25) is 19.2 Å². The fraction of sp³-hybridized carbons (Fsp3) is 0.667. The smallest absolute Gasteiger partial charge is 0.303 e. The first kappa shape index (κ1) is 21.2. The van der Waals surface area contributed by atoms with E-state index in [9.17, 15) is 24.3 Å². The van der Waals surface area contributed by atoms with Crippen LogP contribution in [0.2, 0.25) is 0 Å². The molecule has 0 aromatic carbocycles. The third-order valence-electron chi connectivity index (χ3n) is 8.64. The highest BCUT2D eigenvalue weighted by Crippen LogP contribution is 2.67. The van der Waals surface area contributed by atoms with Crippen LogP contribution in [0.3, 0.4) is 0 Å². The van der Waals surface area contributed by atoms with Gasteiger partial charge in [0.2, 0.25) is 5.78 Å². The standard InChI is InChI=1S/C24H30O6/c1-13-9-16-17-6-8-24(29,20(28)12-30-14(2)25)23(17,4)11-19(27)21(16)22(3)7-5-15(26)10-18(13)22/h10,16-17,21,29H,1,5-9,11-12H2,2-4H3/t16?,17?,21?,22?,23?,24-/m0/s1. The minimum atomic E-state index is -1.69. The molecule has 3 saturated carbocycles. The van der Waals surface area contributed by atoms with E-state index in [0.717, 1.165) is 11.1 Å². The number of hydrogen-bond donors (Lipinski definition) is 1. The van der Waals surface area contributed by atoms with Crippen LogP contribution in [0.15, 0.2) is 23.8 Å². The maximum atomic E-state index is 13.6. The molecule has 6 heteroatoms. The molecule has 0 aromatic heterocycles. The average Bonchev–Trinajstić information content (AvgIpc) is 2.93. The summed E-state index contributed by atoms with van der Waals surface area (Å²) < 4.78 is 4.87. The molecule has 6 atom stereocenters. The first-order chi connectivity index (χ1) is 13.9. The van der Waals surface area contributed by atoms with E-state index in [1.165, 1.54) is 6.92 Å². The summed E-state index contributed by atoms with van der Waals surface area (Å²) in [5, 5.41) is 11.5. The van der Waals surface area contributed by atoms with Gasteiger partial charge in [-0.1, -0.05) is 26.0 Å². The number of carbonyl (C=O) groups excluding carboxylic acids is 4. The Labute approximate surface area is 176 Å². The Morgan fingerprint density at radius 3 is 2.63 bits per heavy atom. The molecule has 0 amide bonds. The monoisotopic (exact) mass is 414 g/mol. The third kappa shape index (κ3) is 2.72. The van der Waals surface area contributed by atoms with Crippen LogP contribution in [0.25, 0.3) is 0 Å². The maximum absolute atomic E-state index is 13.6. The normalized spacial score (nSPS) is 42.7. The van der Waals surface area contributed by atoms with Crippen LogP contribution >= 0.6 is 0 Å². The van der Waals surface area contributed by atoms with Gasteiger partial charge >= 0.3 is 5.97 Å². The van der Waals surface area contributed by atoms with Gasteiger partial charge in [0, 0.05) is 36.5 Å². The Morgan fingerprint density at radius 2 is 1.97 bits per heavy atom. The molecule has 4 rings (SSSR count). The lowest BCUT2D eigenvalue weighted by Crippen LogP contribution is -2.61. The molecule has 30 heavy (non-hydrogen) atoms. The number of Topliss-reactive ketones (excluding diaryl/α,β-unsaturated/α-hetero) is 2. The van der Waals surface area contributed by atoms with Crippen LogP contribution in [-0.4, -0.2) is 40.6 Å². The molecule has 0 aromatic rings. The minimum absolute atomic E-state index is 0.0146. The van der Waals surface area contributed by atoms with Crippen molar-refractivity contribution >= 4 is 23.3 Å². The quantitative estimate of drug-likeness (QED) is 0.713. The number of rotatable bonds is 3.